The number of benzene rings is 1. The zero-order valence-electron chi connectivity index (χ0n) is 10.8. The van der Waals surface area contributed by atoms with Gasteiger partial charge in [0.2, 0.25) is 0 Å². The Morgan fingerprint density at radius 2 is 2.22 bits per heavy atom. The van der Waals surface area contributed by atoms with Crippen LogP contribution < -0.4 is 10.1 Å². The summed E-state index contributed by atoms with van der Waals surface area (Å²) in [5, 5.41) is 5.18. The number of H-pyrrole nitrogens is 1. The molecule has 0 radical (unpaired) electrons. The van der Waals surface area contributed by atoms with Crippen molar-refractivity contribution < 1.29 is 4.74 Å². The number of rotatable bonds is 6. The van der Waals surface area contributed by atoms with Crippen LogP contribution in [0.3, 0.4) is 0 Å². The molecule has 98 valence electrons. The van der Waals surface area contributed by atoms with Crippen LogP contribution in [-0.2, 0) is 6.42 Å². The molecule has 0 amide bonds. The first kappa shape index (κ1) is 13.2. The van der Waals surface area contributed by atoms with Gasteiger partial charge in [0.1, 0.15) is 5.75 Å². The van der Waals surface area contributed by atoms with Gasteiger partial charge in [-0.2, -0.15) is 0 Å². The number of aromatic nitrogens is 1. The summed E-state index contributed by atoms with van der Waals surface area (Å²) in [6.07, 6.45) is 4.16. The molecule has 1 heterocycles. The van der Waals surface area contributed by atoms with E-state index in [2.05, 4.69) is 17.2 Å². The standard InChI is InChI=1S/C14H19ClN2O/c1-3-16-8-4-5-10-9-17-14-11(15)6-7-12(18-2)13(10)14/h6-7,9,16-17H,3-5,8H2,1-2H3. The SMILES string of the molecule is CCNCCCc1c[nH]c2c(Cl)ccc(OC)c12. The number of aromatic amines is 1. The third kappa shape index (κ3) is 2.62. The van der Waals surface area contributed by atoms with Gasteiger partial charge in [0.25, 0.3) is 0 Å². The number of aryl methyl sites for hydroxylation is 1. The van der Waals surface area contributed by atoms with Crippen molar-refractivity contribution in [1.82, 2.24) is 10.3 Å². The summed E-state index contributed by atoms with van der Waals surface area (Å²) in [7, 11) is 1.69. The van der Waals surface area contributed by atoms with Gasteiger partial charge >= 0.3 is 0 Å². The summed E-state index contributed by atoms with van der Waals surface area (Å²) in [5.74, 6) is 0.883. The highest BCUT2D eigenvalue weighted by atomic mass is 35.5. The van der Waals surface area contributed by atoms with E-state index < -0.39 is 0 Å². The molecule has 0 spiro atoms. The summed E-state index contributed by atoms with van der Waals surface area (Å²) >= 11 is 6.18. The second-order valence-electron chi connectivity index (χ2n) is 4.27. The first-order chi connectivity index (χ1) is 8.77. The monoisotopic (exact) mass is 266 g/mol. The molecule has 1 aromatic heterocycles. The Labute approximate surface area is 112 Å². The van der Waals surface area contributed by atoms with Gasteiger partial charge in [-0.1, -0.05) is 18.5 Å². The topological polar surface area (TPSA) is 37.0 Å². The Bertz CT molecular complexity index is 522. The molecule has 0 saturated heterocycles. The maximum atomic E-state index is 6.18. The molecule has 0 bridgehead atoms. The van der Waals surface area contributed by atoms with Crippen molar-refractivity contribution in [2.24, 2.45) is 0 Å². The van der Waals surface area contributed by atoms with Gasteiger partial charge in [0.15, 0.2) is 0 Å². The molecule has 0 aliphatic rings. The van der Waals surface area contributed by atoms with Crippen LogP contribution in [-0.4, -0.2) is 25.2 Å². The zero-order chi connectivity index (χ0) is 13.0. The minimum absolute atomic E-state index is 0.740. The van der Waals surface area contributed by atoms with Gasteiger partial charge in [0.05, 0.1) is 17.6 Å². The van der Waals surface area contributed by atoms with E-state index in [0.29, 0.717) is 0 Å². The Morgan fingerprint density at radius 1 is 1.39 bits per heavy atom. The number of halogens is 1. The highest BCUT2D eigenvalue weighted by Gasteiger charge is 2.11. The van der Waals surface area contributed by atoms with Crippen LogP contribution in [0.5, 0.6) is 5.75 Å². The van der Waals surface area contributed by atoms with Crippen molar-refractivity contribution in [2.45, 2.75) is 19.8 Å². The summed E-state index contributed by atoms with van der Waals surface area (Å²) in [6, 6.07) is 3.79. The van der Waals surface area contributed by atoms with E-state index in [0.717, 1.165) is 47.6 Å². The largest absolute Gasteiger partial charge is 0.496 e. The molecule has 2 rings (SSSR count). The first-order valence-electron chi connectivity index (χ1n) is 6.31. The minimum Gasteiger partial charge on any atom is -0.496 e. The molecule has 2 N–H and O–H groups in total. The molecule has 0 aliphatic carbocycles. The Kier molecular flexibility index (Phi) is 4.50. The normalized spacial score (nSPS) is 11.1. The number of hydrogen-bond donors (Lipinski definition) is 2. The molecule has 0 atom stereocenters. The molecule has 0 unspecified atom stereocenters. The Balaban J connectivity index is 2.25. The second kappa shape index (κ2) is 6.12. The van der Waals surface area contributed by atoms with E-state index in [1.54, 1.807) is 7.11 Å². The summed E-state index contributed by atoms with van der Waals surface area (Å²) in [4.78, 5) is 3.24. The van der Waals surface area contributed by atoms with Crippen molar-refractivity contribution >= 4 is 22.5 Å². The Morgan fingerprint density at radius 3 is 2.94 bits per heavy atom. The molecule has 2 aromatic rings. The summed E-state index contributed by atoms with van der Waals surface area (Å²) < 4.78 is 5.41. The number of methoxy groups -OCH3 is 1. The Hall–Kier alpha value is -1.19. The fourth-order valence-corrected chi connectivity index (χ4v) is 2.41. The molecule has 3 nitrogen and oxygen atoms in total. The van der Waals surface area contributed by atoms with Gasteiger partial charge in [-0.05, 0) is 43.6 Å². The van der Waals surface area contributed by atoms with Crippen LogP contribution in [0.2, 0.25) is 5.02 Å². The lowest BCUT2D eigenvalue weighted by atomic mass is 10.1. The van der Waals surface area contributed by atoms with Gasteiger partial charge < -0.3 is 15.0 Å². The van der Waals surface area contributed by atoms with Crippen molar-refractivity contribution in [3.05, 3.63) is 28.9 Å². The average Bonchev–Trinajstić information content (AvgIpc) is 2.80. The van der Waals surface area contributed by atoms with Gasteiger partial charge in [0, 0.05) is 11.6 Å². The lowest BCUT2D eigenvalue weighted by Gasteiger charge is -2.06. The number of ether oxygens (including phenoxy) is 1. The van der Waals surface area contributed by atoms with Crippen molar-refractivity contribution in [3.63, 3.8) is 0 Å². The van der Waals surface area contributed by atoms with E-state index >= 15 is 0 Å². The predicted octanol–water partition coefficient (Wildman–Crippen LogP) is 3.37. The van der Waals surface area contributed by atoms with E-state index in [4.69, 9.17) is 16.3 Å². The lowest BCUT2D eigenvalue weighted by molar-refractivity contribution is 0.419. The van der Waals surface area contributed by atoms with Crippen LogP contribution in [0, 0.1) is 0 Å². The maximum Gasteiger partial charge on any atom is 0.128 e. The van der Waals surface area contributed by atoms with Crippen LogP contribution in [0.15, 0.2) is 18.3 Å². The summed E-state index contributed by atoms with van der Waals surface area (Å²) in [5.41, 5.74) is 2.23. The van der Waals surface area contributed by atoms with E-state index in [1.165, 1.54) is 5.56 Å². The molecule has 1 aromatic carbocycles. The molecule has 0 aliphatic heterocycles. The zero-order valence-corrected chi connectivity index (χ0v) is 11.6. The van der Waals surface area contributed by atoms with E-state index in [1.807, 2.05) is 18.3 Å². The lowest BCUT2D eigenvalue weighted by Crippen LogP contribution is -2.14. The van der Waals surface area contributed by atoms with Crippen molar-refractivity contribution in [1.29, 1.82) is 0 Å². The molecule has 4 heteroatoms. The van der Waals surface area contributed by atoms with Gasteiger partial charge in [-0.15, -0.1) is 0 Å². The van der Waals surface area contributed by atoms with E-state index in [-0.39, 0.29) is 0 Å². The average molecular weight is 267 g/mol. The number of nitrogens with one attached hydrogen (secondary N) is 2. The van der Waals surface area contributed by atoms with Crippen LogP contribution in [0.25, 0.3) is 10.9 Å². The second-order valence-corrected chi connectivity index (χ2v) is 4.68. The molecule has 18 heavy (non-hydrogen) atoms. The van der Waals surface area contributed by atoms with Crippen LogP contribution in [0.1, 0.15) is 18.9 Å². The molecule has 0 fully saturated rings. The molecule has 0 saturated carbocycles. The molecular weight excluding hydrogens is 248 g/mol. The van der Waals surface area contributed by atoms with E-state index in [9.17, 15) is 0 Å². The van der Waals surface area contributed by atoms with Crippen molar-refractivity contribution in [2.75, 3.05) is 20.2 Å². The highest BCUT2D eigenvalue weighted by Crippen LogP contribution is 2.33. The smallest absolute Gasteiger partial charge is 0.128 e. The number of fused-ring (bicyclic) bond motifs is 1. The predicted molar refractivity (Wildman–Crippen MR) is 76.7 cm³/mol. The van der Waals surface area contributed by atoms with Gasteiger partial charge in [-0.25, -0.2) is 0 Å². The fraction of sp³-hybridized carbons (Fsp3) is 0.429. The van der Waals surface area contributed by atoms with Crippen molar-refractivity contribution in [3.8, 4) is 5.75 Å². The highest BCUT2D eigenvalue weighted by molar-refractivity contribution is 6.35. The minimum atomic E-state index is 0.740. The first-order valence-corrected chi connectivity index (χ1v) is 6.69. The quantitative estimate of drug-likeness (QED) is 0.787. The van der Waals surface area contributed by atoms with Crippen LogP contribution >= 0.6 is 11.6 Å². The molecular formula is C14H19ClN2O. The van der Waals surface area contributed by atoms with Crippen LogP contribution in [0.4, 0.5) is 0 Å². The maximum absolute atomic E-state index is 6.18. The third-order valence-electron chi connectivity index (χ3n) is 3.10. The third-order valence-corrected chi connectivity index (χ3v) is 3.41. The van der Waals surface area contributed by atoms with Gasteiger partial charge in [-0.3, -0.25) is 0 Å². The fourth-order valence-electron chi connectivity index (χ4n) is 2.20. The number of hydrogen-bond acceptors (Lipinski definition) is 2. The summed E-state index contributed by atoms with van der Waals surface area (Å²) in [6.45, 7) is 4.17.